The van der Waals surface area contributed by atoms with Crippen LogP contribution in [0.1, 0.15) is 54.4 Å². The lowest BCUT2D eigenvalue weighted by molar-refractivity contribution is 0.431. The Kier molecular flexibility index (Phi) is 7.15. The molecule has 0 bridgehead atoms. The van der Waals surface area contributed by atoms with Gasteiger partial charge in [0, 0.05) is 5.54 Å². The standard InChI is InChI=1S/C14H29NO2S/c1-12(2)18(16,17)11-9-13(3)8-7-10-15-14(4,5)6/h8,12,15H,7,9-11H2,1-6H3. The van der Waals surface area contributed by atoms with Crippen LogP contribution >= 0.6 is 0 Å². The minimum atomic E-state index is -2.90. The van der Waals surface area contributed by atoms with Crippen molar-refractivity contribution in [1.29, 1.82) is 0 Å². The summed E-state index contributed by atoms with van der Waals surface area (Å²) in [5.74, 6) is 0.264. The zero-order valence-electron chi connectivity index (χ0n) is 12.7. The largest absolute Gasteiger partial charge is 0.312 e. The van der Waals surface area contributed by atoms with Gasteiger partial charge in [0.2, 0.25) is 0 Å². The van der Waals surface area contributed by atoms with Gasteiger partial charge in [0.05, 0.1) is 11.0 Å². The summed E-state index contributed by atoms with van der Waals surface area (Å²) in [5.41, 5.74) is 1.30. The highest BCUT2D eigenvalue weighted by Crippen LogP contribution is 2.09. The number of rotatable bonds is 7. The second-order valence-corrected chi connectivity index (χ2v) is 8.86. The van der Waals surface area contributed by atoms with E-state index in [2.05, 4.69) is 32.2 Å². The topological polar surface area (TPSA) is 46.2 Å². The summed E-state index contributed by atoms with van der Waals surface area (Å²) in [4.78, 5) is 0. The Balaban J connectivity index is 4.00. The van der Waals surface area contributed by atoms with Crippen molar-refractivity contribution >= 4 is 9.84 Å². The summed E-state index contributed by atoms with van der Waals surface area (Å²) >= 11 is 0. The lowest BCUT2D eigenvalue weighted by Crippen LogP contribution is -2.36. The van der Waals surface area contributed by atoms with E-state index in [9.17, 15) is 8.42 Å². The smallest absolute Gasteiger partial charge is 0.152 e. The van der Waals surface area contributed by atoms with Crippen molar-refractivity contribution in [2.45, 2.75) is 65.2 Å². The molecule has 0 radical (unpaired) electrons. The van der Waals surface area contributed by atoms with Crippen molar-refractivity contribution in [2.75, 3.05) is 12.3 Å². The predicted octanol–water partition coefficient (Wildman–Crippen LogP) is 2.92. The van der Waals surface area contributed by atoms with Crippen LogP contribution in [0.25, 0.3) is 0 Å². The lowest BCUT2D eigenvalue weighted by atomic mass is 10.1. The molecule has 0 unspecified atom stereocenters. The Bertz CT molecular complexity index is 362. The predicted molar refractivity (Wildman–Crippen MR) is 79.7 cm³/mol. The lowest BCUT2D eigenvalue weighted by Gasteiger charge is -2.19. The van der Waals surface area contributed by atoms with E-state index in [0.29, 0.717) is 6.42 Å². The Morgan fingerprint density at radius 1 is 1.28 bits per heavy atom. The van der Waals surface area contributed by atoms with E-state index in [1.165, 1.54) is 0 Å². The van der Waals surface area contributed by atoms with Gasteiger partial charge in [0.25, 0.3) is 0 Å². The van der Waals surface area contributed by atoms with E-state index < -0.39 is 9.84 Å². The SMILES string of the molecule is CC(=CCCNC(C)(C)C)CCS(=O)(=O)C(C)C. The van der Waals surface area contributed by atoms with Crippen LogP contribution in [0.2, 0.25) is 0 Å². The zero-order valence-corrected chi connectivity index (χ0v) is 13.5. The highest BCUT2D eigenvalue weighted by Gasteiger charge is 2.15. The van der Waals surface area contributed by atoms with Gasteiger partial charge in [-0.3, -0.25) is 0 Å². The second kappa shape index (κ2) is 7.29. The minimum absolute atomic E-state index is 0.142. The molecular formula is C14H29NO2S. The van der Waals surface area contributed by atoms with Gasteiger partial charge in [0.1, 0.15) is 0 Å². The first-order valence-corrected chi connectivity index (χ1v) is 8.38. The Labute approximate surface area is 113 Å². The number of allylic oxidation sites excluding steroid dienone is 1. The van der Waals surface area contributed by atoms with Gasteiger partial charge in [-0.05, 0) is 60.9 Å². The molecule has 0 aliphatic carbocycles. The van der Waals surface area contributed by atoms with E-state index >= 15 is 0 Å². The van der Waals surface area contributed by atoms with Crippen molar-refractivity contribution in [3.63, 3.8) is 0 Å². The molecule has 18 heavy (non-hydrogen) atoms. The second-order valence-electron chi connectivity index (χ2n) is 6.18. The fourth-order valence-electron chi connectivity index (χ4n) is 1.41. The van der Waals surface area contributed by atoms with Gasteiger partial charge in [-0.25, -0.2) is 8.42 Å². The van der Waals surface area contributed by atoms with E-state index in [0.717, 1.165) is 18.5 Å². The van der Waals surface area contributed by atoms with Crippen molar-refractivity contribution in [2.24, 2.45) is 0 Å². The quantitative estimate of drug-likeness (QED) is 0.574. The number of nitrogens with one attached hydrogen (secondary N) is 1. The fourth-order valence-corrected chi connectivity index (χ4v) is 2.48. The number of sulfone groups is 1. The first kappa shape index (κ1) is 17.6. The van der Waals surface area contributed by atoms with Crippen LogP contribution in [-0.2, 0) is 9.84 Å². The molecule has 0 fully saturated rings. The van der Waals surface area contributed by atoms with Crippen LogP contribution in [0.4, 0.5) is 0 Å². The third-order valence-corrected chi connectivity index (χ3v) is 5.00. The van der Waals surface area contributed by atoms with Crippen molar-refractivity contribution in [3.05, 3.63) is 11.6 Å². The summed E-state index contributed by atoms with van der Waals surface area (Å²) in [6, 6.07) is 0. The molecule has 3 nitrogen and oxygen atoms in total. The molecule has 108 valence electrons. The maximum absolute atomic E-state index is 11.7. The molecule has 0 heterocycles. The molecule has 0 aliphatic heterocycles. The molecule has 4 heteroatoms. The maximum Gasteiger partial charge on any atom is 0.152 e. The van der Waals surface area contributed by atoms with Crippen LogP contribution in [0.3, 0.4) is 0 Å². The highest BCUT2D eigenvalue weighted by atomic mass is 32.2. The van der Waals surface area contributed by atoms with E-state index in [-0.39, 0.29) is 16.5 Å². The molecule has 0 saturated carbocycles. The van der Waals surface area contributed by atoms with E-state index in [4.69, 9.17) is 0 Å². The monoisotopic (exact) mass is 275 g/mol. The molecule has 0 aromatic rings. The fraction of sp³-hybridized carbons (Fsp3) is 0.857. The van der Waals surface area contributed by atoms with Crippen molar-refractivity contribution in [1.82, 2.24) is 5.32 Å². The normalized spacial score (nSPS) is 14.3. The molecule has 0 rings (SSSR count). The van der Waals surface area contributed by atoms with Crippen LogP contribution in [-0.4, -0.2) is 31.5 Å². The molecule has 0 aliphatic rings. The molecule has 0 atom stereocenters. The van der Waals surface area contributed by atoms with E-state index in [1.54, 1.807) is 13.8 Å². The maximum atomic E-state index is 11.7. The van der Waals surface area contributed by atoms with Gasteiger partial charge >= 0.3 is 0 Å². The number of hydrogen-bond donors (Lipinski definition) is 1. The van der Waals surface area contributed by atoms with Crippen molar-refractivity contribution in [3.8, 4) is 0 Å². The molecular weight excluding hydrogens is 246 g/mol. The summed E-state index contributed by atoms with van der Waals surface area (Å²) in [5, 5.41) is 3.13. The third-order valence-electron chi connectivity index (χ3n) is 2.79. The molecule has 0 saturated heterocycles. The van der Waals surface area contributed by atoms with Gasteiger partial charge in [-0.2, -0.15) is 0 Å². The molecule has 0 aromatic carbocycles. The first-order chi connectivity index (χ1) is 8.04. The molecule has 1 N–H and O–H groups in total. The van der Waals surface area contributed by atoms with Gasteiger partial charge in [0.15, 0.2) is 9.84 Å². The van der Waals surface area contributed by atoms with Crippen LogP contribution in [0.5, 0.6) is 0 Å². The molecule has 0 spiro atoms. The van der Waals surface area contributed by atoms with Crippen LogP contribution in [0.15, 0.2) is 11.6 Å². The summed E-state index contributed by atoms with van der Waals surface area (Å²) < 4.78 is 23.3. The Morgan fingerprint density at radius 2 is 1.83 bits per heavy atom. The summed E-state index contributed by atoms with van der Waals surface area (Å²) in [6.45, 7) is 12.8. The Morgan fingerprint density at radius 3 is 2.28 bits per heavy atom. The van der Waals surface area contributed by atoms with Gasteiger partial charge in [-0.15, -0.1) is 0 Å². The zero-order chi connectivity index (χ0) is 14.4. The average Bonchev–Trinajstić information content (AvgIpc) is 2.20. The Hall–Kier alpha value is -0.350. The molecule has 0 amide bonds. The summed E-state index contributed by atoms with van der Waals surface area (Å²) in [6.07, 6.45) is 3.73. The molecule has 0 aromatic heterocycles. The van der Waals surface area contributed by atoms with Crippen molar-refractivity contribution < 1.29 is 8.42 Å². The van der Waals surface area contributed by atoms with Gasteiger partial charge in [-0.1, -0.05) is 11.6 Å². The third kappa shape index (κ3) is 8.70. The first-order valence-electron chi connectivity index (χ1n) is 6.67. The van der Waals surface area contributed by atoms with Crippen LogP contribution < -0.4 is 5.32 Å². The van der Waals surface area contributed by atoms with E-state index in [1.807, 2.05) is 6.92 Å². The average molecular weight is 275 g/mol. The summed E-state index contributed by atoms with van der Waals surface area (Å²) in [7, 11) is -2.90. The number of hydrogen-bond acceptors (Lipinski definition) is 3. The van der Waals surface area contributed by atoms with Gasteiger partial charge < -0.3 is 5.32 Å². The van der Waals surface area contributed by atoms with Crippen LogP contribution in [0, 0.1) is 0 Å². The minimum Gasteiger partial charge on any atom is -0.312 e. The highest BCUT2D eigenvalue weighted by molar-refractivity contribution is 7.91.